The molecule has 14 heavy (non-hydrogen) atoms. The summed E-state index contributed by atoms with van der Waals surface area (Å²) in [6.45, 7) is 0. The fourth-order valence-electron chi connectivity index (χ4n) is 2.03. The molecule has 2 nitrogen and oxygen atoms in total. The van der Waals surface area contributed by atoms with Crippen molar-refractivity contribution in [3.05, 3.63) is 35.9 Å². The third-order valence-electron chi connectivity index (χ3n) is 2.83. The second-order valence-corrected chi connectivity index (χ2v) is 3.79. The molecule has 2 unspecified atom stereocenters. The van der Waals surface area contributed by atoms with Crippen LogP contribution in [-0.4, -0.2) is 13.3 Å². The van der Waals surface area contributed by atoms with Crippen molar-refractivity contribution in [3.63, 3.8) is 0 Å². The first-order valence-corrected chi connectivity index (χ1v) is 5.24. The lowest BCUT2D eigenvalue weighted by Gasteiger charge is -2.30. The van der Waals surface area contributed by atoms with Crippen LogP contribution in [0.25, 0.3) is 0 Å². The van der Waals surface area contributed by atoms with Crippen molar-refractivity contribution in [1.82, 2.24) is 5.32 Å². The molecule has 76 valence electrons. The van der Waals surface area contributed by atoms with Crippen LogP contribution in [0.2, 0.25) is 0 Å². The van der Waals surface area contributed by atoms with Gasteiger partial charge in [-0.25, -0.2) is 0 Å². The van der Waals surface area contributed by atoms with Gasteiger partial charge < -0.3 is 4.74 Å². The summed E-state index contributed by atoms with van der Waals surface area (Å²) in [5.41, 5.74) is 1.37. The van der Waals surface area contributed by atoms with Crippen LogP contribution >= 0.6 is 0 Å². The fraction of sp³-hybridized carbons (Fsp3) is 0.500. The first-order chi connectivity index (χ1) is 6.90. The number of benzene rings is 1. The molecule has 1 saturated heterocycles. The van der Waals surface area contributed by atoms with Gasteiger partial charge in [0.2, 0.25) is 0 Å². The van der Waals surface area contributed by atoms with Gasteiger partial charge in [-0.2, -0.15) is 0 Å². The monoisotopic (exact) mass is 191 g/mol. The van der Waals surface area contributed by atoms with E-state index in [0.29, 0.717) is 6.04 Å². The zero-order valence-electron chi connectivity index (χ0n) is 8.57. The molecule has 1 aromatic rings. The molecule has 0 amide bonds. The van der Waals surface area contributed by atoms with E-state index in [1.54, 1.807) is 7.11 Å². The van der Waals surface area contributed by atoms with Crippen molar-refractivity contribution < 1.29 is 4.74 Å². The van der Waals surface area contributed by atoms with Gasteiger partial charge >= 0.3 is 0 Å². The van der Waals surface area contributed by atoms with E-state index in [-0.39, 0.29) is 6.23 Å². The predicted molar refractivity (Wildman–Crippen MR) is 57.0 cm³/mol. The number of nitrogens with one attached hydrogen (secondary N) is 1. The van der Waals surface area contributed by atoms with E-state index in [1.807, 2.05) is 0 Å². The second kappa shape index (κ2) is 4.58. The minimum Gasteiger partial charge on any atom is -0.367 e. The maximum atomic E-state index is 5.33. The van der Waals surface area contributed by atoms with Crippen LogP contribution in [0.1, 0.15) is 30.9 Å². The zero-order valence-corrected chi connectivity index (χ0v) is 8.57. The molecule has 1 fully saturated rings. The van der Waals surface area contributed by atoms with Crippen LogP contribution in [0.4, 0.5) is 0 Å². The van der Waals surface area contributed by atoms with Gasteiger partial charge in [0, 0.05) is 13.2 Å². The largest absolute Gasteiger partial charge is 0.367 e. The predicted octanol–water partition coefficient (Wildman–Crippen LogP) is 2.47. The average Bonchev–Trinajstić information content (AvgIpc) is 2.30. The van der Waals surface area contributed by atoms with Gasteiger partial charge in [0.15, 0.2) is 0 Å². The highest BCUT2D eigenvalue weighted by molar-refractivity contribution is 5.19. The second-order valence-electron chi connectivity index (χ2n) is 3.79. The van der Waals surface area contributed by atoms with E-state index in [9.17, 15) is 0 Å². The van der Waals surface area contributed by atoms with Crippen LogP contribution < -0.4 is 5.32 Å². The molecule has 2 atom stereocenters. The molecular weight excluding hydrogens is 174 g/mol. The van der Waals surface area contributed by atoms with Gasteiger partial charge in [-0.3, -0.25) is 5.32 Å². The summed E-state index contributed by atoms with van der Waals surface area (Å²) in [6.07, 6.45) is 3.81. The number of piperidine rings is 1. The van der Waals surface area contributed by atoms with E-state index >= 15 is 0 Å². The molecule has 2 heteroatoms. The van der Waals surface area contributed by atoms with Crippen LogP contribution in [0, 0.1) is 0 Å². The van der Waals surface area contributed by atoms with Gasteiger partial charge in [0.25, 0.3) is 0 Å². The molecule has 1 aliphatic heterocycles. The summed E-state index contributed by atoms with van der Waals surface area (Å²) in [4.78, 5) is 0. The molecule has 1 N–H and O–H groups in total. The Hall–Kier alpha value is -0.860. The Morgan fingerprint density at radius 2 is 2.00 bits per heavy atom. The first-order valence-electron chi connectivity index (χ1n) is 5.24. The van der Waals surface area contributed by atoms with Crippen LogP contribution in [0.3, 0.4) is 0 Å². The maximum absolute atomic E-state index is 5.33. The molecule has 0 bridgehead atoms. The summed E-state index contributed by atoms with van der Waals surface area (Å²) < 4.78 is 5.33. The Morgan fingerprint density at radius 1 is 1.21 bits per heavy atom. The Morgan fingerprint density at radius 3 is 2.71 bits per heavy atom. The Balaban J connectivity index is 2.04. The summed E-state index contributed by atoms with van der Waals surface area (Å²) in [5, 5.41) is 3.50. The van der Waals surface area contributed by atoms with Crippen molar-refractivity contribution in [2.24, 2.45) is 0 Å². The Kier molecular flexibility index (Phi) is 3.17. The summed E-state index contributed by atoms with van der Waals surface area (Å²) in [5.74, 6) is 0. The number of rotatable bonds is 2. The lowest BCUT2D eigenvalue weighted by Crippen LogP contribution is -2.37. The first kappa shape index (κ1) is 9.69. The quantitative estimate of drug-likeness (QED) is 0.775. The molecule has 1 aliphatic rings. The van der Waals surface area contributed by atoms with Gasteiger partial charge in [-0.05, 0) is 24.8 Å². The highest BCUT2D eigenvalue weighted by Crippen LogP contribution is 2.25. The topological polar surface area (TPSA) is 21.3 Å². The van der Waals surface area contributed by atoms with Crippen molar-refractivity contribution in [1.29, 1.82) is 0 Å². The highest BCUT2D eigenvalue weighted by atomic mass is 16.5. The Bertz CT molecular complexity index is 273. The fourth-order valence-corrected chi connectivity index (χ4v) is 2.03. The zero-order chi connectivity index (χ0) is 9.80. The van der Waals surface area contributed by atoms with Gasteiger partial charge in [-0.15, -0.1) is 0 Å². The van der Waals surface area contributed by atoms with Crippen molar-refractivity contribution in [3.8, 4) is 0 Å². The third kappa shape index (κ3) is 2.14. The number of ether oxygens (including phenoxy) is 1. The normalized spacial score (nSPS) is 27.5. The van der Waals surface area contributed by atoms with E-state index in [2.05, 4.69) is 35.6 Å². The minimum atomic E-state index is 0.231. The number of hydrogen-bond acceptors (Lipinski definition) is 2. The maximum Gasteiger partial charge on any atom is 0.108 e. The van der Waals surface area contributed by atoms with E-state index in [1.165, 1.54) is 18.4 Å². The molecule has 0 radical (unpaired) electrons. The molecule has 0 saturated carbocycles. The minimum absolute atomic E-state index is 0.231. The van der Waals surface area contributed by atoms with Crippen LogP contribution in [0.5, 0.6) is 0 Å². The number of hydrogen-bond donors (Lipinski definition) is 1. The van der Waals surface area contributed by atoms with Crippen molar-refractivity contribution in [2.75, 3.05) is 7.11 Å². The third-order valence-corrected chi connectivity index (χ3v) is 2.83. The van der Waals surface area contributed by atoms with Gasteiger partial charge in [-0.1, -0.05) is 30.3 Å². The van der Waals surface area contributed by atoms with Gasteiger partial charge in [0.1, 0.15) is 6.23 Å². The SMILES string of the molecule is COC1CCCC(c2ccccc2)N1. The number of methoxy groups -OCH3 is 1. The van der Waals surface area contributed by atoms with Gasteiger partial charge in [0.05, 0.1) is 0 Å². The van der Waals surface area contributed by atoms with Crippen LogP contribution in [-0.2, 0) is 4.74 Å². The highest BCUT2D eigenvalue weighted by Gasteiger charge is 2.21. The summed E-state index contributed by atoms with van der Waals surface area (Å²) >= 11 is 0. The van der Waals surface area contributed by atoms with E-state index < -0.39 is 0 Å². The average molecular weight is 191 g/mol. The Labute approximate surface area is 85.3 Å². The molecule has 2 rings (SSSR count). The van der Waals surface area contributed by atoms with E-state index in [0.717, 1.165) is 6.42 Å². The van der Waals surface area contributed by atoms with Crippen molar-refractivity contribution in [2.45, 2.75) is 31.5 Å². The lowest BCUT2D eigenvalue weighted by atomic mass is 9.97. The summed E-state index contributed by atoms with van der Waals surface area (Å²) in [7, 11) is 1.77. The smallest absolute Gasteiger partial charge is 0.108 e. The lowest BCUT2D eigenvalue weighted by molar-refractivity contribution is 0.0360. The summed E-state index contributed by atoms with van der Waals surface area (Å²) in [6, 6.07) is 11.1. The molecule has 1 aromatic carbocycles. The molecule has 0 spiro atoms. The standard InChI is InChI=1S/C12H17NO/c1-14-12-9-5-8-11(13-12)10-6-3-2-4-7-10/h2-4,6-7,11-13H,5,8-9H2,1H3. The molecular formula is C12H17NO. The van der Waals surface area contributed by atoms with Crippen molar-refractivity contribution >= 4 is 0 Å². The van der Waals surface area contributed by atoms with Crippen LogP contribution in [0.15, 0.2) is 30.3 Å². The molecule has 0 aromatic heterocycles. The molecule has 1 heterocycles. The van der Waals surface area contributed by atoms with E-state index in [4.69, 9.17) is 4.74 Å². The molecule has 0 aliphatic carbocycles.